The van der Waals surface area contributed by atoms with Gasteiger partial charge in [-0.2, -0.15) is 0 Å². The van der Waals surface area contributed by atoms with Crippen LogP contribution in [0.5, 0.6) is 0 Å². The molecule has 0 bridgehead atoms. The molecular weight excluding hydrogens is 272 g/mol. The maximum absolute atomic E-state index is 10.6. The van der Waals surface area contributed by atoms with Crippen molar-refractivity contribution in [3.05, 3.63) is 20.8 Å². The van der Waals surface area contributed by atoms with Crippen molar-refractivity contribution < 1.29 is 5.11 Å². The number of aliphatic hydroxyl groups is 1. The summed E-state index contributed by atoms with van der Waals surface area (Å²) in [5.74, 6) is 0.498. The van der Waals surface area contributed by atoms with E-state index >= 15 is 0 Å². The Morgan fingerprint density at radius 3 is 3.07 bits per heavy atom. The molecule has 2 unspecified atom stereocenters. The molecule has 1 N–H and O–H groups in total. The highest BCUT2D eigenvalue weighted by molar-refractivity contribution is 9.10. The second kappa shape index (κ2) is 4.56. The highest BCUT2D eigenvalue weighted by Crippen LogP contribution is 2.41. The van der Waals surface area contributed by atoms with E-state index in [1.807, 2.05) is 0 Å². The first-order chi connectivity index (χ1) is 7.14. The van der Waals surface area contributed by atoms with Crippen molar-refractivity contribution in [1.82, 2.24) is 0 Å². The summed E-state index contributed by atoms with van der Waals surface area (Å²) in [6, 6.07) is 2.13. The normalized spacial score (nSPS) is 31.0. The van der Waals surface area contributed by atoms with E-state index in [2.05, 4.69) is 34.3 Å². The van der Waals surface area contributed by atoms with Gasteiger partial charge in [0, 0.05) is 21.2 Å². The minimum absolute atomic E-state index is 0.432. The quantitative estimate of drug-likeness (QED) is 0.892. The molecule has 84 valence electrons. The zero-order valence-corrected chi connectivity index (χ0v) is 11.4. The molecule has 0 radical (unpaired) electrons. The summed E-state index contributed by atoms with van der Waals surface area (Å²) in [6.07, 6.45) is 5.28. The van der Waals surface area contributed by atoms with Crippen molar-refractivity contribution in [2.24, 2.45) is 5.92 Å². The van der Waals surface area contributed by atoms with Crippen LogP contribution in [-0.4, -0.2) is 10.7 Å². The minimum Gasteiger partial charge on any atom is -0.389 e. The van der Waals surface area contributed by atoms with Gasteiger partial charge in [-0.1, -0.05) is 19.8 Å². The molecule has 1 aromatic rings. The molecule has 15 heavy (non-hydrogen) atoms. The van der Waals surface area contributed by atoms with Gasteiger partial charge in [0.05, 0.1) is 5.60 Å². The molecule has 3 heteroatoms. The molecule has 1 fully saturated rings. The van der Waals surface area contributed by atoms with Crippen LogP contribution in [0, 0.1) is 5.92 Å². The molecule has 1 heterocycles. The SMILES string of the molecule is CCC1CCCC1(O)Cc1cc(Br)cs1. The van der Waals surface area contributed by atoms with Crippen LogP contribution in [0.2, 0.25) is 0 Å². The molecule has 0 aromatic carbocycles. The van der Waals surface area contributed by atoms with Gasteiger partial charge in [-0.15, -0.1) is 11.3 Å². The molecule has 2 rings (SSSR count). The van der Waals surface area contributed by atoms with Crippen molar-refractivity contribution in [3.8, 4) is 0 Å². The van der Waals surface area contributed by atoms with E-state index in [0.29, 0.717) is 5.92 Å². The third-order valence-corrected chi connectivity index (χ3v) is 5.21. The summed E-state index contributed by atoms with van der Waals surface area (Å²) < 4.78 is 1.14. The molecule has 1 aromatic heterocycles. The summed E-state index contributed by atoms with van der Waals surface area (Å²) in [6.45, 7) is 2.19. The van der Waals surface area contributed by atoms with Crippen LogP contribution in [0.3, 0.4) is 0 Å². The van der Waals surface area contributed by atoms with Gasteiger partial charge < -0.3 is 5.11 Å². The summed E-state index contributed by atoms with van der Waals surface area (Å²) >= 11 is 5.20. The summed E-state index contributed by atoms with van der Waals surface area (Å²) in [5.41, 5.74) is -0.432. The maximum atomic E-state index is 10.6. The Hall–Kier alpha value is 0.140. The van der Waals surface area contributed by atoms with Crippen LogP contribution in [0.25, 0.3) is 0 Å². The predicted octanol–water partition coefficient (Wildman–Crippen LogP) is 3.99. The standard InChI is InChI=1S/C12H17BrOS/c1-2-9-4-3-5-12(9,14)7-11-6-10(13)8-15-11/h6,8-9,14H,2-5,7H2,1H3. The molecule has 0 spiro atoms. The Balaban J connectivity index is 2.09. The third kappa shape index (κ3) is 2.45. The van der Waals surface area contributed by atoms with Crippen LogP contribution in [0.4, 0.5) is 0 Å². The average molecular weight is 289 g/mol. The monoisotopic (exact) mass is 288 g/mol. The minimum atomic E-state index is -0.432. The first-order valence-corrected chi connectivity index (χ1v) is 7.26. The zero-order chi connectivity index (χ0) is 10.9. The van der Waals surface area contributed by atoms with Gasteiger partial charge in [-0.3, -0.25) is 0 Å². The molecule has 0 saturated heterocycles. The predicted molar refractivity (Wildman–Crippen MR) is 68.3 cm³/mol. The lowest BCUT2D eigenvalue weighted by Gasteiger charge is -2.29. The van der Waals surface area contributed by atoms with Gasteiger partial charge in [0.25, 0.3) is 0 Å². The fourth-order valence-corrected chi connectivity index (χ4v) is 4.26. The van der Waals surface area contributed by atoms with Crippen molar-refractivity contribution >= 4 is 27.3 Å². The van der Waals surface area contributed by atoms with Crippen LogP contribution in [-0.2, 0) is 6.42 Å². The molecule has 0 amide bonds. The Morgan fingerprint density at radius 2 is 2.47 bits per heavy atom. The Morgan fingerprint density at radius 1 is 1.67 bits per heavy atom. The van der Waals surface area contributed by atoms with Crippen molar-refractivity contribution in [1.29, 1.82) is 0 Å². The van der Waals surface area contributed by atoms with Gasteiger partial charge >= 0.3 is 0 Å². The van der Waals surface area contributed by atoms with Crippen molar-refractivity contribution in [3.63, 3.8) is 0 Å². The van der Waals surface area contributed by atoms with Crippen LogP contribution >= 0.6 is 27.3 Å². The number of rotatable bonds is 3. The third-order valence-electron chi connectivity index (χ3n) is 3.52. The first kappa shape index (κ1) is 11.6. The largest absolute Gasteiger partial charge is 0.389 e. The highest BCUT2D eigenvalue weighted by atomic mass is 79.9. The van der Waals surface area contributed by atoms with Crippen molar-refractivity contribution in [2.75, 3.05) is 0 Å². The molecule has 1 nitrogen and oxygen atoms in total. The number of thiophene rings is 1. The Labute approximate surface area is 104 Å². The maximum Gasteiger partial charge on any atom is 0.0723 e. The van der Waals surface area contributed by atoms with E-state index in [1.165, 1.54) is 17.7 Å². The second-order valence-corrected chi connectivity index (χ2v) is 6.42. The van der Waals surface area contributed by atoms with Crippen molar-refractivity contribution in [2.45, 2.75) is 44.6 Å². The van der Waals surface area contributed by atoms with E-state index in [-0.39, 0.29) is 0 Å². The van der Waals surface area contributed by atoms with Gasteiger partial charge in [0.1, 0.15) is 0 Å². The number of hydrogen-bond acceptors (Lipinski definition) is 2. The smallest absolute Gasteiger partial charge is 0.0723 e. The van der Waals surface area contributed by atoms with Crippen LogP contribution in [0.1, 0.15) is 37.5 Å². The van der Waals surface area contributed by atoms with E-state index < -0.39 is 5.60 Å². The lowest BCUT2D eigenvalue weighted by Crippen LogP contribution is -2.35. The summed E-state index contributed by atoms with van der Waals surface area (Å²) in [5, 5.41) is 12.7. The van der Waals surface area contributed by atoms with Crippen LogP contribution in [0.15, 0.2) is 15.9 Å². The van der Waals surface area contributed by atoms with E-state index in [4.69, 9.17) is 0 Å². The lowest BCUT2D eigenvalue weighted by molar-refractivity contribution is 0.00217. The number of hydrogen-bond donors (Lipinski definition) is 1. The fourth-order valence-electron chi connectivity index (χ4n) is 2.69. The lowest BCUT2D eigenvalue weighted by atomic mass is 9.85. The van der Waals surface area contributed by atoms with Gasteiger partial charge in [-0.05, 0) is 40.8 Å². The van der Waals surface area contributed by atoms with Gasteiger partial charge in [0.15, 0.2) is 0 Å². The van der Waals surface area contributed by atoms with E-state index in [0.717, 1.165) is 23.7 Å². The summed E-state index contributed by atoms with van der Waals surface area (Å²) in [4.78, 5) is 1.30. The molecule has 1 aliphatic rings. The van der Waals surface area contributed by atoms with Gasteiger partial charge in [0.2, 0.25) is 0 Å². The second-order valence-electron chi connectivity index (χ2n) is 4.51. The molecule has 1 aliphatic carbocycles. The molecule has 0 aliphatic heterocycles. The van der Waals surface area contributed by atoms with Crippen LogP contribution < -0.4 is 0 Å². The highest BCUT2D eigenvalue weighted by Gasteiger charge is 2.39. The first-order valence-electron chi connectivity index (χ1n) is 5.59. The Bertz CT molecular complexity index is 336. The number of halogens is 1. The Kier molecular flexibility index (Phi) is 3.53. The zero-order valence-electron chi connectivity index (χ0n) is 9.00. The summed E-state index contributed by atoms with van der Waals surface area (Å²) in [7, 11) is 0. The topological polar surface area (TPSA) is 20.2 Å². The average Bonchev–Trinajstić information content (AvgIpc) is 2.73. The van der Waals surface area contributed by atoms with Gasteiger partial charge in [-0.25, -0.2) is 0 Å². The van der Waals surface area contributed by atoms with E-state index in [9.17, 15) is 5.11 Å². The molecule has 1 saturated carbocycles. The molecule has 2 atom stereocenters. The molecular formula is C12H17BrOS. The van der Waals surface area contributed by atoms with E-state index in [1.54, 1.807) is 11.3 Å². The fraction of sp³-hybridized carbons (Fsp3) is 0.667.